The van der Waals surface area contributed by atoms with E-state index in [0.29, 0.717) is 0 Å². The Bertz CT molecular complexity index is 334. The van der Waals surface area contributed by atoms with Crippen molar-refractivity contribution in [3.05, 3.63) is 29.6 Å². The number of carbonyl (C=O) groups is 1. The second-order valence-corrected chi connectivity index (χ2v) is 3.03. The molecule has 0 amide bonds. The van der Waals surface area contributed by atoms with Crippen LogP contribution in [-0.2, 0) is 11.2 Å². The summed E-state index contributed by atoms with van der Waals surface area (Å²) in [5, 5.41) is 8.56. The fraction of sp³-hybridized carbons (Fsp3) is 0.333. The van der Waals surface area contributed by atoms with Crippen LogP contribution in [-0.4, -0.2) is 16.1 Å². The maximum absolute atomic E-state index is 13.0. The van der Waals surface area contributed by atoms with Crippen LogP contribution in [0, 0.1) is 17.6 Å². The Labute approximate surface area is 79.4 Å². The first-order valence-corrected chi connectivity index (χ1v) is 4.03. The molecule has 76 valence electrons. The predicted octanol–water partition coefficient (Wildman–Crippen LogP) is 1.62. The Morgan fingerprint density at radius 1 is 1.50 bits per heavy atom. The van der Waals surface area contributed by atoms with Crippen molar-refractivity contribution < 1.29 is 18.7 Å². The smallest absolute Gasteiger partial charge is 0.306 e. The average Bonchev–Trinajstić information content (AvgIpc) is 2.11. The molecule has 1 aromatic heterocycles. The highest BCUT2D eigenvalue weighted by Crippen LogP contribution is 2.15. The molecular formula is C9H9F2NO2. The molecule has 0 aliphatic heterocycles. The summed E-state index contributed by atoms with van der Waals surface area (Å²) in [6.45, 7) is 1.39. The molecule has 0 spiro atoms. The molecule has 1 heterocycles. The van der Waals surface area contributed by atoms with Crippen molar-refractivity contribution >= 4 is 5.97 Å². The number of carboxylic acid groups (broad SMARTS) is 1. The van der Waals surface area contributed by atoms with Gasteiger partial charge in [0, 0.05) is 5.56 Å². The summed E-state index contributed by atoms with van der Waals surface area (Å²) in [4.78, 5) is 13.8. The van der Waals surface area contributed by atoms with Crippen molar-refractivity contribution in [2.24, 2.45) is 5.92 Å². The molecule has 0 fully saturated rings. The van der Waals surface area contributed by atoms with Crippen LogP contribution in [0.2, 0.25) is 0 Å². The van der Waals surface area contributed by atoms with E-state index < -0.39 is 23.5 Å². The van der Waals surface area contributed by atoms with Crippen LogP contribution in [0.4, 0.5) is 8.78 Å². The number of aromatic nitrogens is 1. The zero-order valence-corrected chi connectivity index (χ0v) is 7.50. The summed E-state index contributed by atoms with van der Waals surface area (Å²) >= 11 is 0. The molecule has 5 heteroatoms. The van der Waals surface area contributed by atoms with Crippen molar-refractivity contribution in [1.82, 2.24) is 4.98 Å². The van der Waals surface area contributed by atoms with Crippen molar-refractivity contribution in [2.45, 2.75) is 13.3 Å². The van der Waals surface area contributed by atoms with Gasteiger partial charge in [0.2, 0.25) is 0 Å². The van der Waals surface area contributed by atoms with Gasteiger partial charge < -0.3 is 5.11 Å². The summed E-state index contributed by atoms with van der Waals surface area (Å²) in [5.41, 5.74) is -0.227. The van der Waals surface area contributed by atoms with Gasteiger partial charge in [-0.05, 0) is 6.42 Å². The van der Waals surface area contributed by atoms with Gasteiger partial charge in [-0.1, -0.05) is 6.92 Å². The Balaban J connectivity index is 2.91. The lowest BCUT2D eigenvalue weighted by atomic mass is 10.0. The molecule has 0 bridgehead atoms. The highest BCUT2D eigenvalue weighted by Gasteiger charge is 2.17. The minimum absolute atomic E-state index is 0.171. The van der Waals surface area contributed by atoms with E-state index in [0.717, 1.165) is 12.4 Å². The summed E-state index contributed by atoms with van der Waals surface area (Å²) in [6, 6.07) is 0. The maximum atomic E-state index is 13.0. The second-order valence-electron chi connectivity index (χ2n) is 3.03. The van der Waals surface area contributed by atoms with Gasteiger partial charge in [-0.2, -0.15) is 0 Å². The summed E-state index contributed by atoms with van der Waals surface area (Å²) in [6.07, 6.45) is 1.56. The van der Waals surface area contributed by atoms with E-state index in [9.17, 15) is 13.6 Å². The molecule has 14 heavy (non-hydrogen) atoms. The van der Waals surface area contributed by atoms with E-state index in [-0.39, 0.29) is 12.0 Å². The number of carboxylic acids is 1. The molecule has 1 unspecified atom stereocenters. The SMILES string of the molecule is CC(Cc1c(F)cncc1F)C(=O)O. The molecule has 0 saturated carbocycles. The number of hydrogen-bond donors (Lipinski definition) is 1. The lowest BCUT2D eigenvalue weighted by Crippen LogP contribution is -2.14. The number of aliphatic carboxylic acids is 1. The van der Waals surface area contributed by atoms with Gasteiger partial charge in [-0.25, -0.2) is 8.78 Å². The van der Waals surface area contributed by atoms with E-state index in [2.05, 4.69) is 4.98 Å². The summed E-state index contributed by atoms with van der Waals surface area (Å²) in [5.74, 6) is -3.52. The fourth-order valence-corrected chi connectivity index (χ4v) is 1.03. The Morgan fingerprint density at radius 3 is 2.43 bits per heavy atom. The molecule has 1 atom stereocenters. The standard InChI is InChI=1S/C9H9F2NO2/c1-5(9(13)14)2-6-7(10)3-12-4-8(6)11/h3-5H,2H2,1H3,(H,13,14). The number of pyridine rings is 1. The lowest BCUT2D eigenvalue weighted by Gasteiger charge is -2.07. The van der Waals surface area contributed by atoms with E-state index in [1.54, 1.807) is 0 Å². The minimum atomic E-state index is -1.08. The van der Waals surface area contributed by atoms with E-state index >= 15 is 0 Å². The van der Waals surface area contributed by atoms with Gasteiger partial charge in [-0.3, -0.25) is 9.78 Å². The second kappa shape index (κ2) is 4.13. The van der Waals surface area contributed by atoms with Crippen molar-refractivity contribution in [3.63, 3.8) is 0 Å². The van der Waals surface area contributed by atoms with Crippen molar-refractivity contribution in [2.75, 3.05) is 0 Å². The van der Waals surface area contributed by atoms with Gasteiger partial charge in [-0.15, -0.1) is 0 Å². The summed E-state index contributed by atoms with van der Waals surface area (Å²) in [7, 11) is 0. The van der Waals surface area contributed by atoms with Gasteiger partial charge >= 0.3 is 5.97 Å². The average molecular weight is 201 g/mol. The van der Waals surface area contributed by atoms with E-state index in [1.165, 1.54) is 6.92 Å². The minimum Gasteiger partial charge on any atom is -0.481 e. The van der Waals surface area contributed by atoms with Gasteiger partial charge in [0.1, 0.15) is 11.6 Å². The molecule has 0 aliphatic rings. The molecule has 1 aromatic rings. The van der Waals surface area contributed by atoms with Crippen molar-refractivity contribution in [3.8, 4) is 0 Å². The van der Waals surface area contributed by atoms with Crippen LogP contribution in [0.5, 0.6) is 0 Å². The van der Waals surface area contributed by atoms with Crippen molar-refractivity contribution in [1.29, 1.82) is 0 Å². The zero-order valence-electron chi connectivity index (χ0n) is 7.50. The lowest BCUT2D eigenvalue weighted by molar-refractivity contribution is -0.141. The van der Waals surface area contributed by atoms with E-state index in [1.807, 2.05) is 0 Å². The first-order chi connectivity index (χ1) is 6.52. The van der Waals surface area contributed by atoms with Gasteiger partial charge in [0.25, 0.3) is 0 Å². The molecule has 1 rings (SSSR count). The van der Waals surface area contributed by atoms with Gasteiger partial charge in [0.05, 0.1) is 18.3 Å². The topological polar surface area (TPSA) is 50.2 Å². The van der Waals surface area contributed by atoms with Crippen LogP contribution in [0.15, 0.2) is 12.4 Å². The molecule has 0 saturated heterocycles. The third-order valence-electron chi connectivity index (χ3n) is 1.88. The maximum Gasteiger partial charge on any atom is 0.306 e. The molecular weight excluding hydrogens is 192 g/mol. The monoisotopic (exact) mass is 201 g/mol. The quantitative estimate of drug-likeness (QED) is 0.808. The van der Waals surface area contributed by atoms with Crippen LogP contribution in [0.1, 0.15) is 12.5 Å². The predicted molar refractivity (Wildman–Crippen MR) is 44.7 cm³/mol. The number of hydrogen-bond acceptors (Lipinski definition) is 2. The Kier molecular flexibility index (Phi) is 3.11. The third-order valence-corrected chi connectivity index (χ3v) is 1.88. The summed E-state index contributed by atoms with van der Waals surface area (Å²) < 4.78 is 26.0. The van der Waals surface area contributed by atoms with Crippen LogP contribution in [0.3, 0.4) is 0 Å². The first-order valence-electron chi connectivity index (χ1n) is 4.03. The van der Waals surface area contributed by atoms with E-state index in [4.69, 9.17) is 5.11 Å². The number of rotatable bonds is 3. The normalized spacial score (nSPS) is 12.5. The van der Waals surface area contributed by atoms with Crippen LogP contribution >= 0.6 is 0 Å². The largest absolute Gasteiger partial charge is 0.481 e. The molecule has 3 nitrogen and oxygen atoms in total. The number of halogens is 2. The first kappa shape index (κ1) is 10.6. The third kappa shape index (κ3) is 2.25. The Hall–Kier alpha value is -1.52. The molecule has 0 aromatic carbocycles. The zero-order chi connectivity index (χ0) is 10.7. The van der Waals surface area contributed by atoms with Crippen LogP contribution in [0.25, 0.3) is 0 Å². The molecule has 1 N–H and O–H groups in total. The molecule has 0 aliphatic carbocycles. The highest BCUT2D eigenvalue weighted by atomic mass is 19.1. The van der Waals surface area contributed by atoms with Crippen LogP contribution < -0.4 is 0 Å². The Morgan fingerprint density at radius 2 is 2.00 bits per heavy atom. The number of nitrogens with zero attached hydrogens (tertiary/aromatic N) is 1. The highest BCUT2D eigenvalue weighted by molar-refractivity contribution is 5.69. The fourth-order valence-electron chi connectivity index (χ4n) is 1.03. The van der Waals surface area contributed by atoms with Gasteiger partial charge in [0.15, 0.2) is 0 Å². The molecule has 0 radical (unpaired) electrons.